The molecule has 120 valence electrons. The van der Waals surface area contributed by atoms with E-state index in [-0.39, 0.29) is 13.2 Å². The predicted molar refractivity (Wildman–Crippen MR) is 71.1 cm³/mol. The second-order valence-corrected chi connectivity index (χ2v) is 4.35. The zero-order valence-electron chi connectivity index (χ0n) is 11.8. The molecule has 1 rings (SSSR count). The number of hydrogen-bond acceptors (Lipinski definition) is 3. The largest absolute Gasteiger partial charge is 0.491 e. The SMILES string of the molecule is CCNCc1ccccc1OCCOCC(F)(F)C(F)F. The Morgan fingerprint density at radius 2 is 1.90 bits per heavy atom. The summed E-state index contributed by atoms with van der Waals surface area (Å²) in [5, 5.41) is 3.15. The third-order valence-electron chi connectivity index (χ3n) is 2.64. The Morgan fingerprint density at radius 1 is 1.19 bits per heavy atom. The van der Waals surface area contributed by atoms with Crippen molar-refractivity contribution in [3.05, 3.63) is 29.8 Å². The minimum atomic E-state index is -4.12. The van der Waals surface area contributed by atoms with Crippen molar-refractivity contribution in [2.45, 2.75) is 25.8 Å². The Balaban J connectivity index is 2.33. The summed E-state index contributed by atoms with van der Waals surface area (Å²) >= 11 is 0. The average Bonchev–Trinajstić information content (AvgIpc) is 2.45. The molecule has 0 aromatic heterocycles. The average molecular weight is 309 g/mol. The lowest BCUT2D eigenvalue weighted by atomic mass is 10.2. The van der Waals surface area contributed by atoms with Gasteiger partial charge in [0.2, 0.25) is 0 Å². The van der Waals surface area contributed by atoms with E-state index in [4.69, 9.17) is 4.74 Å². The fraction of sp³-hybridized carbons (Fsp3) is 0.571. The van der Waals surface area contributed by atoms with E-state index in [1.807, 2.05) is 19.1 Å². The molecule has 7 heteroatoms. The first kappa shape index (κ1) is 17.7. The number of nitrogens with one attached hydrogen (secondary N) is 1. The molecule has 0 unspecified atom stereocenters. The molecule has 0 bridgehead atoms. The van der Waals surface area contributed by atoms with Gasteiger partial charge in [-0.15, -0.1) is 0 Å². The summed E-state index contributed by atoms with van der Waals surface area (Å²) in [6.45, 7) is 1.92. The second kappa shape index (κ2) is 8.84. The Kier molecular flexibility index (Phi) is 7.45. The summed E-state index contributed by atoms with van der Waals surface area (Å²) in [5.41, 5.74) is 0.928. The fourth-order valence-corrected chi connectivity index (χ4v) is 1.53. The first-order chi connectivity index (χ1) is 9.97. The van der Waals surface area contributed by atoms with E-state index in [0.717, 1.165) is 12.1 Å². The molecule has 0 aliphatic rings. The smallest absolute Gasteiger partial charge is 0.330 e. The molecule has 0 amide bonds. The highest BCUT2D eigenvalue weighted by molar-refractivity contribution is 5.33. The molecule has 3 nitrogen and oxygen atoms in total. The number of para-hydroxylation sites is 1. The van der Waals surface area contributed by atoms with Gasteiger partial charge in [0.15, 0.2) is 0 Å². The van der Waals surface area contributed by atoms with Gasteiger partial charge in [-0.2, -0.15) is 8.78 Å². The highest BCUT2D eigenvalue weighted by Crippen LogP contribution is 2.23. The van der Waals surface area contributed by atoms with Gasteiger partial charge in [0.05, 0.1) is 6.61 Å². The minimum absolute atomic E-state index is 0.0163. The molecule has 0 atom stereocenters. The van der Waals surface area contributed by atoms with Crippen molar-refractivity contribution >= 4 is 0 Å². The molecule has 1 aromatic carbocycles. The lowest BCUT2D eigenvalue weighted by molar-refractivity contribution is -0.166. The first-order valence-electron chi connectivity index (χ1n) is 6.62. The molecule has 0 radical (unpaired) electrons. The van der Waals surface area contributed by atoms with Crippen LogP contribution in [0, 0.1) is 0 Å². The molecule has 0 aliphatic carbocycles. The van der Waals surface area contributed by atoms with E-state index in [9.17, 15) is 17.6 Å². The summed E-state index contributed by atoms with van der Waals surface area (Å²) in [6, 6.07) is 7.28. The van der Waals surface area contributed by atoms with Crippen LogP contribution in [0.25, 0.3) is 0 Å². The Bertz CT molecular complexity index is 416. The van der Waals surface area contributed by atoms with Crippen molar-refractivity contribution in [3.8, 4) is 5.75 Å². The van der Waals surface area contributed by atoms with Crippen LogP contribution < -0.4 is 10.1 Å². The van der Waals surface area contributed by atoms with E-state index in [1.165, 1.54) is 0 Å². The third-order valence-corrected chi connectivity index (χ3v) is 2.64. The van der Waals surface area contributed by atoms with Crippen molar-refractivity contribution in [3.63, 3.8) is 0 Å². The minimum Gasteiger partial charge on any atom is -0.491 e. The van der Waals surface area contributed by atoms with E-state index in [2.05, 4.69) is 10.1 Å². The van der Waals surface area contributed by atoms with Gasteiger partial charge < -0.3 is 14.8 Å². The number of benzene rings is 1. The van der Waals surface area contributed by atoms with Crippen molar-refractivity contribution in [2.75, 3.05) is 26.4 Å². The fourth-order valence-electron chi connectivity index (χ4n) is 1.53. The summed E-state index contributed by atoms with van der Waals surface area (Å²) < 4.78 is 58.9. The maximum Gasteiger partial charge on any atom is 0.330 e. The topological polar surface area (TPSA) is 30.5 Å². The summed E-state index contributed by atoms with van der Waals surface area (Å²) in [6.07, 6.45) is -3.72. The van der Waals surface area contributed by atoms with E-state index < -0.39 is 19.0 Å². The summed E-state index contributed by atoms with van der Waals surface area (Å²) in [7, 11) is 0. The van der Waals surface area contributed by atoms with E-state index >= 15 is 0 Å². The Hall–Kier alpha value is -1.34. The number of hydrogen-bond donors (Lipinski definition) is 1. The van der Waals surface area contributed by atoms with Gasteiger partial charge in [0, 0.05) is 12.1 Å². The van der Waals surface area contributed by atoms with Crippen molar-refractivity contribution in [1.82, 2.24) is 5.32 Å². The number of halogens is 4. The van der Waals surface area contributed by atoms with Crippen LogP contribution in [0.5, 0.6) is 5.75 Å². The molecule has 0 fully saturated rings. The van der Waals surface area contributed by atoms with E-state index in [0.29, 0.717) is 12.3 Å². The first-order valence-corrected chi connectivity index (χ1v) is 6.62. The second-order valence-electron chi connectivity index (χ2n) is 4.35. The standard InChI is InChI=1S/C14H19F4NO2/c1-2-19-9-11-5-3-4-6-12(11)21-8-7-20-10-14(17,18)13(15)16/h3-6,13,19H,2,7-10H2,1H3. The lowest BCUT2D eigenvalue weighted by Crippen LogP contribution is -2.33. The quantitative estimate of drug-likeness (QED) is 0.532. The highest BCUT2D eigenvalue weighted by atomic mass is 19.3. The maximum atomic E-state index is 12.6. The van der Waals surface area contributed by atoms with E-state index in [1.54, 1.807) is 12.1 Å². The van der Waals surface area contributed by atoms with Gasteiger partial charge in [-0.1, -0.05) is 25.1 Å². The van der Waals surface area contributed by atoms with Crippen LogP contribution in [-0.2, 0) is 11.3 Å². The molecule has 0 spiro atoms. The van der Waals surface area contributed by atoms with Gasteiger partial charge in [0.1, 0.15) is 19.0 Å². The van der Waals surface area contributed by atoms with Crippen molar-refractivity contribution in [1.29, 1.82) is 0 Å². The lowest BCUT2D eigenvalue weighted by Gasteiger charge is -2.16. The van der Waals surface area contributed by atoms with Crippen LogP contribution in [0.2, 0.25) is 0 Å². The Morgan fingerprint density at radius 3 is 2.57 bits per heavy atom. The third kappa shape index (κ3) is 6.31. The number of alkyl halides is 4. The van der Waals surface area contributed by atoms with Gasteiger partial charge >= 0.3 is 12.3 Å². The Labute approximate surface area is 121 Å². The molecule has 21 heavy (non-hydrogen) atoms. The molecular formula is C14H19F4NO2. The maximum absolute atomic E-state index is 12.6. The van der Waals surface area contributed by atoms with Crippen LogP contribution >= 0.6 is 0 Å². The van der Waals surface area contributed by atoms with Gasteiger partial charge in [-0.3, -0.25) is 0 Å². The summed E-state index contributed by atoms with van der Waals surface area (Å²) in [4.78, 5) is 0. The van der Waals surface area contributed by atoms with Crippen molar-refractivity contribution < 1.29 is 27.0 Å². The molecule has 1 aromatic rings. The van der Waals surface area contributed by atoms with Gasteiger partial charge in [-0.25, -0.2) is 8.78 Å². The normalized spacial score (nSPS) is 11.9. The molecule has 0 heterocycles. The van der Waals surface area contributed by atoms with Crippen LogP contribution in [0.1, 0.15) is 12.5 Å². The van der Waals surface area contributed by atoms with Crippen molar-refractivity contribution in [2.24, 2.45) is 0 Å². The molecule has 0 saturated heterocycles. The molecule has 0 aliphatic heterocycles. The van der Waals surface area contributed by atoms with Crippen LogP contribution in [0.15, 0.2) is 24.3 Å². The van der Waals surface area contributed by atoms with Crippen LogP contribution in [0.4, 0.5) is 17.6 Å². The molecule has 0 saturated carbocycles. The zero-order valence-corrected chi connectivity index (χ0v) is 11.8. The zero-order chi connectivity index (χ0) is 15.7. The van der Waals surface area contributed by atoms with Gasteiger partial charge in [-0.05, 0) is 12.6 Å². The van der Waals surface area contributed by atoms with Crippen LogP contribution in [-0.4, -0.2) is 38.7 Å². The molecule has 1 N–H and O–H groups in total. The predicted octanol–water partition coefficient (Wildman–Crippen LogP) is 3.09. The number of rotatable bonds is 10. The molecular weight excluding hydrogens is 290 g/mol. The van der Waals surface area contributed by atoms with Gasteiger partial charge in [0.25, 0.3) is 0 Å². The number of ether oxygens (including phenoxy) is 2. The van der Waals surface area contributed by atoms with Crippen LogP contribution in [0.3, 0.4) is 0 Å². The highest BCUT2D eigenvalue weighted by Gasteiger charge is 2.40. The monoisotopic (exact) mass is 309 g/mol. The summed E-state index contributed by atoms with van der Waals surface area (Å²) in [5.74, 6) is -3.51.